The predicted molar refractivity (Wildman–Crippen MR) is 69.4 cm³/mol. The Bertz CT molecular complexity index is 428. The molecule has 6 heteroatoms. The Hall–Kier alpha value is -1.18. The van der Waals surface area contributed by atoms with E-state index < -0.39 is 4.92 Å². The molecule has 0 saturated carbocycles. The fourth-order valence-electron chi connectivity index (χ4n) is 1.09. The molecule has 1 rings (SSSR count). The van der Waals surface area contributed by atoms with E-state index >= 15 is 0 Å². The summed E-state index contributed by atoms with van der Waals surface area (Å²) >= 11 is 2.04. The first-order valence-electron chi connectivity index (χ1n) is 4.57. The summed E-state index contributed by atoms with van der Waals surface area (Å²) in [7, 11) is 0. The van der Waals surface area contributed by atoms with Crippen LogP contribution >= 0.6 is 22.6 Å². The van der Waals surface area contributed by atoms with E-state index in [0.29, 0.717) is 5.56 Å². The van der Waals surface area contributed by atoms with Crippen LogP contribution in [0.25, 0.3) is 0 Å². The average Bonchev–Trinajstić information content (AvgIpc) is 2.19. The molecule has 1 aromatic rings. The lowest BCUT2D eigenvalue weighted by atomic mass is 10.2. The maximum atomic E-state index is 10.8. The Morgan fingerprint density at radius 1 is 1.56 bits per heavy atom. The number of nitrogens with zero attached hydrogens (tertiary/aromatic N) is 2. The van der Waals surface area contributed by atoms with E-state index in [1.54, 1.807) is 26.0 Å². The summed E-state index contributed by atoms with van der Waals surface area (Å²) in [5.74, 6) is 0. The van der Waals surface area contributed by atoms with Gasteiger partial charge in [0.2, 0.25) is 0 Å². The Morgan fingerprint density at radius 2 is 2.25 bits per heavy atom. The number of halogens is 1. The van der Waals surface area contributed by atoms with Gasteiger partial charge in [-0.1, -0.05) is 11.2 Å². The third kappa shape index (κ3) is 3.44. The van der Waals surface area contributed by atoms with Crippen LogP contribution in [-0.2, 0) is 11.4 Å². The maximum Gasteiger partial charge on any atom is 0.277 e. The summed E-state index contributed by atoms with van der Waals surface area (Å²) in [4.78, 5) is 15.4. The van der Waals surface area contributed by atoms with Gasteiger partial charge in [0.25, 0.3) is 5.69 Å². The van der Waals surface area contributed by atoms with Crippen molar-refractivity contribution in [2.24, 2.45) is 5.16 Å². The average molecular weight is 334 g/mol. The Balaban J connectivity index is 2.93. The van der Waals surface area contributed by atoms with E-state index in [0.717, 1.165) is 9.28 Å². The molecule has 5 nitrogen and oxygen atoms in total. The minimum atomic E-state index is -0.413. The molecule has 16 heavy (non-hydrogen) atoms. The van der Waals surface area contributed by atoms with E-state index in [4.69, 9.17) is 4.84 Å². The lowest BCUT2D eigenvalue weighted by Crippen LogP contribution is -1.99. The molecule has 0 bridgehead atoms. The van der Waals surface area contributed by atoms with Crippen molar-refractivity contribution in [2.75, 3.05) is 0 Å². The van der Waals surface area contributed by atoms with E-state index in [1.165, 1.54) is 6.07 Å². The minimum absolute atomic E-state index is 0.0656. The predicted octanol–water partition coefficient (Wildman–Crippen LogP) is 3.11. The maximum absolute atomic E-state index is 10.8. The summed E-state index contributed by atoms with van der Waals surface area (Å²) in [6, 6.07) is 4.91. The molecule has 0 fully saturated rings. The molecule has 0 radical (unpaired) electrons. The molecule has 0 aliphatic rings. The zero-order chi connectivity index (χ0) is 12.1. The minimum Gasteiger partial charge on any atom is -0.391 e. The molecule has 1 aromatic carbocycles. The largest absolute Gasteiger partial charge is 0.391 e. The molecule has 0 unspecified atom stereocenters. The van der Waals surface area contributed by atoms with Gasteiger partial charge in [-0.25, -0.2) is 0 Å². The summed E-state index contributed by atoms with van der Waals surface area (Å²) in [5.41, 5.74) is 1.39. The van der Waals surface area contributed by atoms with Gasteiger partial charge in [-0.15, -0.1) is 0 Å². The highest BCUT2D eigenvalue weighted by molar-refractivity contribution is 14.1. The van der Waals surface area contributed by atoms with Gasteiger partial charge in [0, 0.05) is 9.64 Å². The Morgan fingerprint density at radius 3 is 2.81 bits per heavy atom. The van der Waals surface area contributed by atoms with Crippen LogP contribution in [0.2, 0.25) is 0 Å². The SMILES string of the molecule is CC(C)=NOCc1c(I)cccc1[N+](=O)[O-]. The summed E-state index contributed by atoms with van der Waals surface area (Å²) < 4.78 is 0.802. The molecule has 0 aromatic heterocycles. The van der Waals surface area contributed by atoms with E-state index in [-0.39, 0.29) is 12.3 Å². The Labute approximate surface area is 107 Å². The van der Waals surface area contributed by atoms with E-state index in [2.05, 4.69) is 5.16 Å². The monoisotopic (exact) mass is 334 g/mol. The summed E-state index contributed by atoms with van der Waals surface area (Å²) in [6.45, 7) is 3.70. The lowest BCUT2D eigenvalue weighted by molar-refractivity contribution is -0.386. The normalized spacial score (nSPS) is 9.69. The van der Waals surface area contributed by atoms with Crippen LogP contribution in [0.3, 0.4) is 0 Å². The van der Waals surface area contributed by atoms with Crippen LogP contribution in [0.1, 0.15) is 19.4 Å². The van der Waals surface area contributed by atoms with Gasteiger partial charge in [-0.05, 0) is 42.5 Å². The van der Waals surface area contributed by atoms with Crippen LogP contribution in [-0.4, -0.2) is 10.6 Å². The second-order valence-corrected chi connectivity index (χ2v) is 4.47. The summed E-state index contributed by atoms with van der Waals surface area (Å²) in [5, 5.41) is 14.5. The zero-order valence-electron chi connectivity index (χ0n) is 8.94. The van der Waals surface area contributed by atoms with Crippen molar-refractivity contribution in [2.45, 2.75) is 20.5 Å². The molecule has 0 saturated heterocycles. The van der Waals surface area contributed by atoms with Gasteiger partial charge in [-0.2, -0.15) is 0 Å². The number of nitro benzene ring substituents is 1. The van der Waals surface area contributed by atoms with Crippen LogP contribution in [0, 0.1) is 13.7 Å². The topological polar surface area (TPSA) is 64.7 Å². The third-order valence-electron chi connectivity index (χ3n) is 1.75. The first kappa shape index (κ1) is 12.9. The highest BCUT2D eigenvalue weighted by Gasteiger charge is 2.16. The Kier molecular flexibility index (Phi) is 4.66. The van der Waals surface area contributed by atoms with Crippen molar-refractivity contribution in [1.29, 1.82) is 0 Å². The second kappa shape index (κ2) is 5.78. The van der Waals surface area contributed by atoms with Crippen LogP contribution in [0.4, 0.5) is 5.69 Å². The fraction of sp³-hybridized carbons (Fsp3) is 0.300. The van der Waals surface area contributed by atoms with Crippen LogP contribution in [0.5, 0.6) is 0 Å². The summed E-state index contributed by atoms with van der Waals surface area (Å²) in [6.07, 6.45) is 0. The number of benzene rings is 1. The van der Waals surface area contributed by atoms with Crippen molar-refractivity contribution in [3.63, 3.8) is 0 Å². The van der Waals surface area contributed by atoms with Gasteiger partial charge in [-0.3, -0.25) is 10.1 Å². The molecule has 86 valence electrons. The highest BCUT2D eigenvalue weighted by Crippen LogP contribution is 2.24. The van der Waals surface area contributed by atoms with Crippen molar-refractivity contribution >= 4 is 34.0 Å². The fourth-order valence-corrected chi connectivity index (χ4v) is 1.73. The first-order chi connectivity index (χ1) is 7.52. The molecule has 0 amide bonds. The highest BCUT2D eigenvalue weighted by atomic mass is 127. The number of hydrogen-bond acceptors (Lipinski definition) is 4. The second-order valence-electron chi connectivity index (χ2n) is 3.31. The molecular formula is C10H11IN2O3. The molecule has 0 spiro atoms. The zero-order valence-corrected chi connectivity index (χ0v) is 11.1. The number of oxime groups is 1. The molecular weight excluding hydrogens is 323 g/mol. The first-order valence-corrected chi connectivity index (χ1v) is 5.65. The van der Waals surface area contributed by atoms with Crippen molar-refractivity contribution in [3.8, 4) is 0 Å². The van der Waals surface area contributed by atoms with Gasteiger partial charge < -0.3 is 4.84 Å². The standard InChI is InChI=1S/C10H11IN2O3/c1-7(2)12-16-6-8-9(11)4-3-5-10(8)13(14)15/h3-5H,6H2,1-2H3. The van der Waals surface area contributed by atoms with E-state index in [9.17, 15) is 10.1 Å². The van der Waals surface area contributed by atoms with Gasteiger partial charge in [0.1, 0.15) is 6.61 Å². The number of nitro groups is 1. The van der Waals surface area contributed by atoms with Crippen molar-refractivity contribution in [1.82, 2.24) is 0 Å². The quantitative estimate of drug-likeness (QED) is 0.368. The van der Waals surface area contributed by atoms with Gasteiger partial charge >= 0.3 is 0 Å². The number of hydrogen-bond donors (Lipinski definition) is 0. The molecule has 0 aliphatic carbocycles. The molecule has 0 N–H and O–H groups in total. The molecule has 0 heterocycles. The third-order valence-corrected chi connectivity index (χ3v) is 2.76. The lowest BCUT2D eigenvalue weighted by Gasteiger charge is -2.04. The molecule has 0 aliphatic heterocycles. The molecule has 0 atom stereocenters. The van der Waals surface area contributed by atoms with Crippen molar-refractivity contribution in [3.05, 3.63) is 37.4 Å². The number of rotatable bonds is 4. The van der Waals surface area contributed by atoms with Gasteiger partial charge in [0.15, 0.2) is 0 Å². The smallest absolute Gasteiger partial charge is 0.277 e. The van der Waals surface area contributed by atoms with Crippen molar-refractivity contribution < 1.29 is 9.76 Å². The van der Waals surface area contributed by atoms with E-state index in [1.807, 2.05) is 22.6 Å². The van der Waals surface area contributed by atoms with Crippen LogP contribution in [0.15, 0.2) is 23.4 Å². The van der Waals surface area contributed by atoms with Crippen LogP contribution < -0.4 is 0 Å². The van der Waals surface area contributed by atoms with Gasteiger partial charge in [0.05, 0.1) is 16.2 Å².